The maximum absolute atomic E-state index is 13.6. The number of thioether (sulfide) groups is 1. The van der Waals surface area contributed by atoms with Crippen LogP contribution in [0.15, 0.2) is 22.1 Å². The van der Waals surface area contributed by atoms with Crippen LogP contribution >= 0.6 is 11.8 Å². The lowest BCUT2D eigenvalue weighted by Gasteiger charge is -2.08. The Labute approximate surface area is 124 Å². The van der Waals surface area contributed by atoms with Crippen LogP contribution in [-0.4, -0.2) is 11.0 Å². The zero-order valence-electron chi connectivity index (χ0n) is 11.5. The predicted octanol–water partition coefficient (Wildman–Crippen LogP) is 4.47. The molecule has 0 saturated carbocycles. The van der Waals surface area contributed by atoms with E-state index in [9.17, 15) is 18.4 Å². The summed E-state index contributed by atoms with van der Waals surface area (Å²) in [6.45, 7) is 3.81. The number of carbonyl (C=O) groups excluding carboxylic acids is 2. The number of amides is 1. The molecule has 1 rings (SSSR count). The molecule has 1 unspecified atom stereocenters. The van der Waals surface area contributed by atoms with E-state index in [1.165, 1.54) is 0 Å². The molecule has 21 heavy (non-hydrogen) atoms. The number of azide groups is 1. The molecule has 5 nitrogen and oxygen atoms in total. The third-order valence-electron chi connectivity index (χ3n) is 2.82. The number of hydrogen-bond donors (Lipinski definition) is 0. The highest BCUT2D eigenvalue weighted by molar-refractivity contribution is 8.13. The lowest BCUT2D eigenvalue weighted by molar-refractivity contribution is -0.111. The maximum Gasteiger partial charge on any atom is 0.252 e. The summed E-state index contributed by atoms with van der Waals surface area (Å²) >= 11 is 0.605. The van der Waals surface area contributed by atoms with Gasteiger partial charge in [-0.15, -0.1) is 0 Å². The molecule has 0 aliphatic heterocycles. The van der Waals surface area contributed by atoms with Gasteiger partial charge in [0.1, 0.15) is 11.6 Å². The van der Waals surface area contributed by atoms with E-state index in [2.05, 4.69) is 10.0 Å². The van der Waals surface area contributed by atoms with Gasteiger partial charge in [-0.3, -0.25) is 9.59 Å². The predicted molar refractivity (Wildman–Crippen MR) is 74.8 cm³/mol. The van der Waals surface area contributed by atoms with E-state index in [1.54, 1.807) is 0 Å². The first kappa shape index (κ1) is 17.1. The quantitative estimate of drug-likeness (QED) is 0.348. The van der Waals surface area contributed by atoms with Crippen molar-refractivity contribution in [1.82, 2.24) is 0 Å². The van der Waals surface area contributed by atoms with Gasteiger partial charge in [0.05, 0.1) is 10.5 Å². The lowest BCUT2D eigenvalue weighted by atomic mass is 10.1. The Morgan fingerprint density at radius 2 is 2.05 bits per heavy atom. The summed E-state index contributed by atoms with van der Waals surface area (Å²) in [7, 11) is 0. The molecule has 0 fully saturated rings. The molecule has 0 aliphatic rings. The Morgan fingerprint density at radius 1 is 1.38 bits per heavy atom. The van der Waals surface area contributed by atoms with Gasteiger partial charge in [-0.2, -0.15) is 0 Å². The molecule has 8 heteroatoms. The number of halogens is 2. The molecule has 1 amide bonds. The molecular weight excluding hydrogens is 300 g/mol. The van der Waals surface area contributed by atoms with Crippen LogP contribution in [0, 0.1) is 17.6 Å². The van der Waals surface area contributed by atoms with E-state index in [-0.39, 0.29) is 22.3 Å². The zero-order valence-corrected chi connectivity index (χ0v) is 12.3. The molecule has 1 aromatic carbocycles. The van der Waals surface area contributed by atoms with Crippen molar-refractivity contribution in [1.29, 1.82) is 0 Å². The van der Waals surface area contributed by atoms with Gasteiger partial charge in [0.15, 0.2) is 5.12 Å². The van der Waals surface area contributed by atoms with Gasteiger partial charge in [-0.05, 0) is 34.4 Å². The average molecular weight is 313 g/mol. The van der Waals surface area contributed by atoms with Gasteiger partial charge in [-0.25, -0.2) is 8.78 Å². The van der Waals surface area contributed by atoms with Crippen molar-refractivity contribution in [2.45, 2.75) is 31.6 Å². The highest BCUT2D eigenvalue weighted by atomic mass is 32.2. The third kappa shape index (κ3) is 4.84. The molecule has 0 saturated heterocycles. The summed E-state index contributed by atoms with van der Waals surface area (Å²) in [5.74, 6) is -3.08. The molecule has 0 aliphatic carbocycles. The van der Waals surface area contributed by atoms with Gasteiger partial charge in [0.2, 0.25) is 0 Å². The zero-order chi connectivity index (χ0) is 16.0. The maximum atomic E-state index is 13.6. The molecule has 0 aromatic heterocycles. The van der Waals surface area contributed by atoms with E-state index < -0.39 is 23.1 Å². The van der Waals surface area contributed by atoms with Crippen molar-refractivity contribution < 1.29 is 18.4 Å². The molecule has 1 aromatic rings. The minimum atomic E-state index is -1.16. The van der Waals surface area contributed by atoms with Crippen molar-refractivity contribution in [2.75, 3.05) is 0 Å². The number of rotatable bonds is 5. The van der Waals surface area contributed by atoms with E-state index in [1.807, 2.05) is 13.8 Å². The fourth-order valence-electron chi connectivity index (χ4n) is 1.46. The van der Waals surface area contributed by atoms with Crippen LogP contribution in [0.2, 0.25) is 0 Å². The third-order valence-corrected chi connectivity index (χ3v) is 3.75. The summed E-state index contributed by atoms with van der Waals surface area (Å²) in [6, 6.07) is 1.39. The Kier molecular flexibility index (Phi) is 6.33. The summed E-state index contributed by atoms with van der Waals surface area (Å²) in [5.41, 5.74) is 7.60. The fourth-order valence-corrected chi connectivity index (χ4v) is 2.41. The first-order chi connectivity index (χ1) is 9.88. The van der Waals surface area contributed by atoms with Crippen molar-refractivity contribution in [2.24, 2.45) is 11.0 Å². The lowest BCUT2D eigenvalue weighted by Crippen LogP contribution is -2.04. The molecule has 1 atom stereocenters. The minimum absolute atomic E-state index is 0.151. The Hall–Kier alpha value is -1.92. The monoisotopic (exact) mass is 313 g/mol. The van der Waals surface area contributed by atoms with Gasteiger partial charge in [-0.1, -0.05) is 20.3 Å². The van der Waals surface area contributed by atoms with E-state index in [0.29, 0.717) is 17.8 Å². The number of benzene rings is 1. The normalized spacial score (nSPS) is 11.6. The van der Waals surface area contributed by atoms with Crippen LogP contribution in [0.1, 0.15) is 37.0 Å². The van der Waals surface area contributed by atoms with Crippen LogP contribution in [-0.2, 0) is 4.79 Å². The second kappa shape index (κ2) is 7.75. The molecule has 112 valence electrons. The van der Waals surface area contributed by atoms with Crippen LogP contribution in [0.4, 0.5) is 8.78 Å². The van der Waals surface area contributed by atoms with Gasteiger partial charge in [0.25, 0.3) is 5.91 Å². The number of carbonyl (C=O) groups is 2. The van der Waals surface area contributed by atoms with E-state index in [4.69, 9.17) is 5.53 Å². The molecule has 0 radical (unpaired) electrons. The molecule has 0 bridgehead atoms. The fraction of sp³-hybridized carbons (Fsp3) is 0.385. The van der Waals surface area contributed by atoms with Crippen molar-refractivity contribution >= 4 is 22.8 Å². The van der Waals surface area contributed by atoms with E-state index >= 15 is 0 Å². The van der Waals surface area contributed by atoms with E-state index in [0.717, 1.165) is 12.5 Å². The Morgan fingerprint density at radius 3 is 2.62 bits per heavy atom. The second-order valence-electron chi connectivity index (χ2n) is 4.45. The molecule has 0 N–H and O–H groups in total. The summed E-state index contributed by atoms with van der Waals surface area (Å²) in [6.07, 6.45) is 1.05. The van der Waals surface area contributed by atoms with Crippen LogP contribution in [0.5, 0.6) is 0 Å². The highest BCUT2D eigenvalue weighted by Gasteiger charge is 2.18. The first-order valence-electron chi connectivity index (χ1n) is 6.18. The smallest absolute Gasteiger partial charge is 0.252 e. The highest BCUT2D eigenvalue weighted by Crippen LogP contribution is 2.28. The first-order valence-corrected chi connectivity index (χ1v) is 6.99. The number of nitrogens with zero attached hydrogens (tertiary/aromatic N) is 3. The standard InChI is InChI=1S/C13H13F2N3O2S/c1-3-7(2)4-12(19)21-11-5-8(13(20)17-18-16)9(14)6-10(11)15/h5-7H,3-4H2,1-2H3. The van der Waals surface area contributed by atoms with Crippen LogP contribution in [0.3, 0.4) is 0 Å². The van der Waals surface area contributed by atoms with Crippen LogP contribution < -0.4 is 0 Å². The largest absolute Gasteiger partial charge is 0.287 e. The SMILES string of the molecule is CCC(C)CC(=O)Sc1cc(C(=O)N=[N+]=[N-])c(F)cc1F. The van der Waals surface area contributed by atoms with Gasteiger partial charge in [0, 0.05) is 17.4 Å². The molecular formula is C13H13F2N3O2S. The topological polar surface area (TPSA) is 82.9 Å². The molecule has 0 heterocycles. The number of hydrogen-bond acceptors (Lipinski definition) is 3. The van der Waals surface area contributed by atoms with Crippen molar-refractivity contribution in [3.05, 3.63) is 39.8 Å². The van der Waals surface area contributed by atoms with Crippen molar-refractivity contribution in [3.8, 4) is 0 Å². The van der Waals surface area contributed by atoms with Gasteiger partial charge < -0.3 is 0 Å². The Balaban J connectivity index is 3.02. The summed E-state index contributed by atoms with van der Waals surface area (Å²) in [5, 5.41) is 2.47. The van der Waals surface area contributed by atoms with Crippen molar-refractivity contribution in [3.63, 3.8) is 0 Å². The van der Waals surface area contributed by atoms with Gasteiger partial charge >= 0.3 is 0 Å². The Bertz CT molecular complexity index is 616. The minimum Gasteiger partial charge on any atom is -0.287 e. The summed E-state index contributed by atoms with van der Waals surface area (Å²) in [4.78, 5) is 25.2. The van der Waals surface area contributed by atoms with Crippen LogP contribution in [0.25, 0.3) is 10.4 Å². The summed E-state index contributed by atoms with van der Waals surface area (Å²) < 4.78 is 27.1. The average Bonchev–Trinajstić information content (AvgIpc) is 2.41. The second-order valence-corrected chi connectivity index (χ2v) is 5.55. The molecule has 0 spiro atoms.